The summed E-state index contributed by atoms with van der Waals surface area (Å²) >= 11 is 0. The van der Waals surface area contributed by atoms with Gasteiger partial charge in [-0.25, -0.2) is 0 Å². The van der Waals surface area contributed by atoms with Crippen molar-refractivity contribution in [2.75, 3.05) is 20.8 Å². The molecule has 0 saturated heterocycles. The summed E-state index contributed by atoms with van der Waals surface area (Å²) in [4.78, 5) is 0. The normalized spacial score (nSPS) is 19.3. The average Bonchev–Trinajstić information content (AvgIpc) is 2.27. The van der Waals surface area contributed by atoms with Crippen LogP contribution < -0.4 is 5.32 Å². The second-order valence-electron chi connectivity index (χ2n) is 4.68. The van der Waals surface area contributed by atoms with Crippen LogP contribution in [0.15, 0.2) is 11.8 Å². The Hall–Kier alpha value is -0.540. The molecule has 15 heavy (non-hydrogen) atoms. The molecular weight excluding hydrogens is 190 g/mol. The zero-order chi connectivity index (χ0) is 11.3. The first-order valence-corrected chi connectivity index (χ1v) is 5.62. The summed E-state index contributed by atoms with van der Waals surface area (Å²) in [6, 6.07) is 0.361. The third kappa shape index (κ3) is 3.84. The molecule has 88 valence electrons. The van der Waals surface area contributed by atoms with Gasteiger partial charge in [-0.3, -0.25) is 0 Å². The lowest BCUT2D eigenvalue weighted by molar-refractivity contribution is 0.00960. The van der Waals surface area contributed by atoms with Gasteiger partial charge in [-0.15, -0.1) is 0 Å². The van der Waals surface area contributed by atoms with Crippen molar-refractivity contribution in [2.24, 2.45) is 0 Å². The van der Waals surface area contributed by atoms with Crippen molar-refractivity contribution in [1.29, 1.82) is 0 Å². The number of likely N-dealkylation sites (N-methyl/N-ethyl adjacent to an activating group) is 1. The molecular formula is C12H23NO2. The third-order valence-electron chi connectivity index (χ3n) is 3.01. The number of methoxy groups -OCH3 is 1. The van der Waals surface area contributed by atoms with Gasteiger partial charge in [0.05, 0.1) is 18.5 Å². The van der Waals surface area contributed by atoms with Crippen molar-refractivity contribution >= 4 is 0 Å². The lowest BCUT2D eigenvalue weighted by atomic mass is 9.91. The second kappa shape index (κ2) is 5.52. The molecule has 0 aromatic heterocycles. The fourth-order valence-electron chi connectivity index (χ4n) is 1.83. The largest absolute Gasteiger partial charge is 0.501 e. The lowest BCUT2D eigenvalue weighted by Crippen LogP contribution is -2.37. The van der Waals surface area contributed by atoms with Crippen LogP contribution in [0.1, 0.15) is 33.1 Å². The zero-order valence-electron chi connectivity index (χ0n) is 10.3. The molecule has 0 radical (unpaired) electrons. The van der Waals surface area contributed by atoms with Gasteiger partial charge in [-0.05, 0) is 45.7 Å². The maximum Gasteiger partial charge on any atom is 0.0876 e. The Labute approximate surface area is 92.8 Å². The van der Waals surface area contributed by atoms with Crippen LogP contribution in [0.4, 0.5) is 0 Å². The van der Waals surface area contributed by atoms with Crippen LogP contribution >= 0.6 is 0 Å². The molecule has 1 N–H and O–H groups in total. The van der Waals surface area contributed by atoms with E-state index < -0.39 is 0 Å². The van der Waals surface area contributed by atoms with E-state index in [0.717, 1.165) is 25.9 Å². The van der Waals surface area contributed by atoms with E-state index in [1.54, 1.807) is 7.11 Å². The van der Waals surface area contributed by atoms with Crippen LogP contribution in [0.5, 0.6) is 0 Å². The van der Waals surface area contributed by atoms with Gasteiger partial charge in [-0.2, -0.15) is 0 Å². The zero-order valence-corrected chi connectivity index (χ0v) is 10.3. The van der Waals surface area contributed by atoms with Crippen LogP contribution in [0, 0.1) is 0 Å². The highest BCUT2D eigenvalue weighted by Gasteiger charge is 2.25. The maximum absolute atomic E-state index is 5.45. The molecule has 1 rings (SSSR count). The van der Waals surface area contributed by atoms with E-state index in [1.165, 1.54) is 5.57 Å². The minimum atomic E-state index is -0.0913. The second-order valence-corrected chi connectivity index (χ2v) is 4.68. The lowest BCUT2D eigenvalue weighted by Gasteiger charge is -2.30. The van der Waals surface area contributed by atoms with Gasteiger partial charge in [0.1, 0.15) is 0 Å². The van der Waals surface area contributed by atoms with E-state index in [1.807, 2.05) is 13.3 Å². The van der Waals surface area contributed by atoms with E-state index in [4.69, 9.17) is 9.47 Å². The highest BCUT2D eigenvalue weighted by atomic mass is 16.5. The van der Waals surface area contributed by atoms with Gasteiger partial charge < -0.3 is 14.8 Å². The molecule has 1 aliphatic heterocycles. The van der Waals surface area contributed by atoms with Crippen LogP contribution in [0.3, 0.4) is 0 Å². The molecule has 0 fully saturated rings. The van der Waals surface area contributed by atoms with Crippen LogP contribution in [0.25, 0.3) is 0 Å². The standard InChI is InChI=1S/C12H23NO2/c1-12(2,14-4)8-11(13-3)10-6-5-7-15-9-10/h9,11,13H,5-8H2,1-4H3. The molecule has 0 aromatic rings. The average molecular weight is 213 g/mol. The summed E-state index contributed by atoms with van der Waals surface area (Å²) in [6.45, 7) is 5.08. The number of hydrogen-bond acceptors (Lipinski definition) is 3. The molecule has 3 heteroatoms. The summed E-state index contributed by atoms with van der Waals surface area (Å²) in [5.74, 6) is 0. The first-order chi connectivity index (χ1) is 7.09. The molecule has 0 bridgehead atoms. The summed E-state index contributed by atoms with van der Waals surface area (Å²) in [5.41, 5.74) is 1.26. The van der Waals surface area contributed by atoms with Crippen LogP contribution in [0.2, 0.25) is 0 Å². The Kier molecular flexibility index (Phi) is 4.61. The van der Waals surface area contributed by atoms with Crippen molar-refractivity contribution in [3.8, 4) is 0 Å². The first kappa shape index (κ1) is 12.5. The molecule has 1 heterocycles. The maximum atomic E-state index is 5.45. The van der Waals surface area contributed by atoms with Gasteiger partial charge in [0.25, 0.3) is 0 Å². The van der Waals surface area contributed by atoms with Gasteiger partial charge >= 0.3 is 0 Å². The molecule has 1 unspecified atom stereocenters. The van der Waals surface area contributed by atoms with E-state index in [2.05, 4.69) is 19.2 Å². The molecule has 0 amide bonds. The van der Waals surface area contributed by atoms with Gasteiger partial charge in [0.2, 0.25) is 0 Å². The van der Waals surface area contributed by atoms with Gasteiger partial charge in [0.15, 0.2) is 0 Å². The minimum Gasteiger partial charge on any atom is -0.501 e. The Morgan fingerprint density at radius 2 is 2.33 bits per heavy atom. The van der Waals surface area contributed by atoms with Crippen LogP contribution in [-0.4, -0.2) is 32.4 Å². The van der Waals surface area contributed by atoms with Crippen LogP contribution in [-0.2, 0) is 9.47 Å². The van der Waals surface area contributed by atoms with Crippen molar-refractivity contribution in [2.45, 2.75) is 44.8 Å². The number of hydrogen-bond donors (Lipinski definition) is 1. The summed E-state index contributed by atoms with van der Waals surface area (Å²) in [7, 11) is 3.75. The Bertz CT molecular complexity index is 224. The van der Waals surface area contributed by atoms with Crippen molar-refractivity contribution in [3.05, 3.63) is 11.8 Å². The number of rotatable bonds is 5. The van der Waals surface area contributed by atoms with E-state index >= 15 is 0 Å². The summed E-state index contributed by atoms with van der Waals surface area (Å²) in [6.07, 6.45) is 5.13. The topological polar surface area (TPSA) is 30.5 Å². The molecule has 0 aromatic carbocycles. The predicted molar refractivity (Wildman–Crippen MR) is 61.8 cm³/mol. The summed E-state index contributed by atoms with van der Waals surface area (Å²) in [5, 5.41) is 3.33. The van der Waals surface area contributed by atoms with Crippen molar-refractivity contribution in [1.82, 2.24) is 5.32 Å². The quantitative estimate of drug-likeness (QED) is 0.758. The molecule has 0 saturated carbocycles. The molecule has 1 atom stereocenters. The molecule has 1 aliphatic rings. The van der Waals surface area contributed by atoms with Gasteiger partial charge in [0, 0.05) is 13.2 Å². The van der Waals surface area contributed by atoms with Crippen molar-refractivity contribution in [3.63, 3.8) is 0 Å². The Balaban J connectivity index is 2.58. The van der Waals surface area contributed by atoms with E-state index in [-0.39, 0.29) is 5.60 Å². The Morgan fingerprint density at radius 1 is 1.60 bits per heavy atom. The SMILES string of the molecule is CNC(CC(C)(C)OC)C1=COCCC1. The van der Waals surface area contributed by atoms with Gasteiger partial charge in [-0.1, -0.05) is 0 Å². The smallest absolute Gasteiger partial charge is 0.0876 e. The minimum absolute atomic E-state index is 0.0913. The molecule has 3 nitrogen and oxygen atoms in total. The summed E-state index contributed by atoms with van der Waals surface area (Å²) < 4.78 is 10.8. The molecule has 0 spiro atoms. The number of nitrogens with one attached hydrogen (secondary N) is 1. The van der Waals surface area contributed by atoms with E-state index in [0.29, 0.717) is 6.04 Å². The highest BCUT2D eigenvalue weighted by Crippen LogP contribution is 2.24. The Morgan fingerprint density at radius 3 is 2.80 bits per heavy atom. The third-order valence-corrected chi connectivity index (χ3v) is 3.01. The van der Waals surface area contributed by atoms with Crippen molar-refractivity contribution < 1.29 is 9.47 Å². The number of ether oxygens (including phenoxy) is 2. The predicted octanol–water partition coefficient (Wildman–Crippen LogP) is 2.08. The fraction of sp³-hybridized carbons (Fsp3) is 0.833. The molecule has 0 aliphatic carbocycles. The fourth-order valence-corrected chi connectivity index (χ4v) is 1.83. The monoisotopic (exact) mass is 213 g/mol. The highest BCUT2D eigenvalue weighted by molar-refractivity contribution is 5.11. The van der Waals surface area contributed by atoms with E-state index in [9.17, 15) is 0 Å². The first-order valence-electron chi connectivity index (χ1n) is 5.62.